The maximum atomic E-state index is 5.80. The first-order valence-electron chi connectivity index (χ1n) is 5.13. The van der Waals surface area contributed by atoms with Gasteiger partial charge in [-0.25, -0.2) is 4.98 Å². The molecule has 2 N–H and O–H groups in total. The lowest BCUT2D eigenvalue weighted by molar-refractivity contribution is 0.591. The Bertz CT molecular complexity index is 495. The van der Waals surface area contributed by atoms with Gasteiger partial charge < -0.3 is 5.73 Å². The van der Waals surface area contributed by atoms with E-state index in [-0.39, 0.29) is 5.41 Å². The van der Waals surface area contributed by atoms with Crippen molar-refractivity contribution in [2.75, 3.05) is 5.73 Å². The number of anilines is 1. The van der Waals surface area contributed by atoms with Gasteiger partial charge >= 0.3 is 0 Å². The van der Waals surface area contributed by atoms with Crippen LogP contribution in [-0.2, 0) is 5.41 Å². The van der Waals surface area contributed by atoms with E-state index in [1.54, 1.807) is 6.20 Å². The van der Waals surface area contributed by atoms with Crippen molar-refractivity contribution in [1.82, 2.24) is 4.98 Å². The number of aromatic nitrogens is 1. The lowest BCUT2D eigenvalue weighted by Gasteiger charge is -2.19. The topological polar surface area (TPSA) is 38.9 Å². The summed E-state index contributed by atoms with van der Waals surface area (Å²) in [4.78, 5) is 4.08. The van der Waals surface area contributed by atoms with Gasteiger partial charge in [0.1, 0.15) is 5.82 Å². The quantitative estimate of drug-likeness (QED) is 0.709. The Kier molecular flexibility index (Phi) is 2.14. The zero-order chi connectivity index (χ0) is 11.1. The highest BCUT2D eigenvalue weighted by atomic mass is 14.8. The Labute approximate surface area is 90.1 Å². The molecule has 2 aromatic rings. The van der Waals surface area contributed by atoms with E-state index >= 15 is 0 Å². The Balaban J connectivity index is 2.68. The van der Waals surface area contributed by atoms with E-state index in [0.29, 0.717) is 5.82 Å². The monoisotopic (exact) mass is 200 g/mol. The standard InChI is InChI=1S/C13H16N2/c1-13(2,3)10-4-5-11-9(8-10)6-7-15-12(11)14/h4-8H,1-3H3,(H2,14,15). The highest BCUT2D eigenvalue weighted by molar-refractivity contribution is 5.91. The molecule has 0 aliphatic heterocycles. The number of nitrogens with two attached hydrogens (primary N) is 1. The van der Waals surface area contributed by atoms with Gasteiger partial charge in [-0.3, -0.25) is 0 Å². The van der Waals surface area contributed by atoms with Crippen LogP contribution in [0.15, 0.2) is 30.5 Å². The SMILES string of the molecule is CC(C)(C)c1ccc2c(N)nccc2c1. The minimum absolute atomic E-state index is 0.173. The number of hydrogen-bond donors (Lipinski definition) is 1. The highest BCUT2D eigenvalue weighted by Crippen LogP contribution is 2.27. The van der Waals surface area contributed by atoms with Gasteiger partial charge in [-0.05, 0) is 22.4 Å². The predicted octanol–water partition coefficient (Wildman–Crippen LogP) is 3.11. The molecule has 1 heterocycles. The number of hydrogen-bond acceptors (Lipinski definition) is 2. The molecule has 0 saturated heterocycles. The molecule has 2 rings (SSSR count). The smallest absolute Gasteiger partial charge is 0.131 e. The summed E-state index contributed by atoms with van der Waals surface area (Å²) in [5, 5.41) is 2.19. The number of pyridine rings is 1. The van der Waals surface area contributed by atoms with E-state index in [1.165, 1.54) is 5.56 Å². The molecule has 0 amide bonds. The summed E-state index contributed by atoms with van der Waals surface area (Å²) < 4.78 is 0. The first-order chi connectivity index (χ1) is 6.98. The third-order valence-corrected chi connectivity index (χ3v) is 2.66. The molecule has 0 aliphatic carbocycles. The van der Waals surface area contributed by atoms with Crippen LogP contribution in [0.5, 0.6) is 0 Å². The Morgan fingerprint density at radius 2 is 1.87 bits per heavy atom. The molecule has 0 unspecified atom stereocenters. The van der Waals surface area contributed by atoms with Crippen molar-refractivity contribution >= 4 is 16.6 Å². The first kappa shape index (κ1) is 9.97. The molecule has 1 aromatic carbocycles. The Hall–Kier alpha value is -1.57. The van der Waals surface area contributed by atoms with Gasteiger partial charge in [0.15, 0.2) is 0 Å². The van der Waals surface area contributed by atoms with E-state index in [1.807, 2.05) is 6.07 Å². The molecular weight excluding hydrogens is 184 g/mol. The van der Waals surface area contributed by atoms with Gasteiger partial charge in [0, 0.05) is 11.6 Å². The minimum Gasteiger partial charge on any atom is -0.383 e. The maximum absolute atomic E-state index is 5.80. The number of nitrogen functional groups attached to an aromatic ring is 1. The molecule has 78 valence electrons. The lowest BCUT2D eigenvalue weighted by Crippen LogP contribution is -2.10. The third kappa shape index (κ3) is 1.80. The highest BCUT2D eigenvalue weighted by Gasteiger charge is 2.13. The van der Waals surface area contributed by atoms with Crippen molar-refractivity contribution in [2.45, 2.75) is 26.2 Å². The molecular formula is C13H16N2. The number of rotatable bonds is 0. The molecule has 1 aromatic heterocycles. The Morgan fingerprint density at radius 3 is 2.53 bits per heavy atom. The summed E-state index contributed by atoms with van der Waals surface area (Å²) in [7, 11) is 0. The first-order valence-corrected chi connectivity index (χ1v) is 5.13. The van der Waals surface area contributed by atoms with E-state index in [4.69, 9.17) is 5.73 Å². The molecule has 0 atom stereocenters. The second-order valence-electron chi connectivity index (χ2n) is 4.88. The minimum atomic E-state index is 0.173. The van der Waals surface area contributed by atoms with Crippen LogP contribution in [0.25, 0.3) is 10.8 Å². The van der Waals surface area contributed by atoms with E-state index in [2.05, 4.69) is 44.0 Å². The molecule has 0 spiro atoms. The van der Waals surface area contributed by atoms with Gasteiger partial charge in [-0.1, -0.05) is 39.0 Å². The van der Waals surface area contributed by atoms with Crippen LogP contribution in [0.4, 0.5) is 5.82 Å². The summed E-state index contributed by atoms with van der Waals surface area (Å²) in [6, 6.07) is 8.37. The van der Waals surface area contributed by atoms with Gasteiger partial charge in [0.2, 0.25) is 0 Å². The van der Waals surface area contributed by atoms with Crippen molar-refractivity contribution in [3.63, 3.8) is 0 Å². The fourth-order valence-electron chi connectivity index (χ4n) is 1.67. The summed E-state index contributed by atoms with van der Waals surface area (Å²) >= 11 is 0. The van der Waals surface area contributed by atoms with Crippen LogP contribution in [0.3, 0.4) is 0 Å². The van der Waals surface area contributed by atoms with Gasteiger partial charge in [-0.15, -0.1) is 0 Å². The van der Waals surface area contributed by atoms with E-state index in [0.717, 1.165) is 10.8 Å². The van der Waals surface area contributed by atoms with Crippen molar-refractivity contribution in [3.8, 4) is 0 Å². The molecule has 0 radical (unpaired) electrons. The summed E-state index contributed by atoms with van der Waals surface area (Å²) in [5.74, 6) is 0.605. The third-order valence-electron chi connectivity index (χ3n) is 2.66. The van der Waals surface area contributed by atoms with Crippen LogP contribution in [0.1, 0.15) is 26.3 Å². The molecule has 0 aliphatic rings. The molecule has 0 saturated carbocycles. The van der Waals surface area contributed by atoms with Crippen LogP contribution >= 0.6 is 0 Å². The molecule has 15 heavy (non-hydrogen) atoms. The summed E-state index contributed by atoms with van der Waals surface area (Å²) in [6.45, 7) is 6.62. The van der Waals surface area contributed by atoms with Crippen molar-refractivity contribution in [1.29, 1.82) is 0 Å². The van der Waals surface area contributed by atoms with Crippen LogP contribution in [-0.4, -0.2) is 4.98 Å². The Morgan fingerprint density at radius 1 is 1.13 bits per heavy atom. The van der Waals surface area contributed by atoms with E-state index in [9.17, 15) is 0 Å². The molecule has 2 heteroatoms. The summed E-state index contributed by atoms with van der Waals surface area (Å²) in [6.07, 6.45) is 1.75. The van der Waals surface area contributed by atoms with Gasteiger partial charge in [0.05, 0.1) is 0 Å². The second-order valence-corrected chi connectivity index (χ2v) is 4.88. The number of fused-ring (bicyclic) bond motifs is 1. The molecule has 0 fully saturated rings. The largest absolute Gasteiger partial charge is 0.383 e. The van der Waals surface area contributed by atoms with Gasteiger partial charge in [-0.2, -0.15) is 0 Å². The number of nitrogens with zero attached hydrogens (tertiary/aromatic N) is 1. The van der Waals surface area contributed by atoms with Crippen LogP contribution in [0.2, 0.25) is 0 Å². The van der Waals surface area contributed by atoms with E-state index < -0.39 is 0 Å². The second kappa shape index (κ2) is 3.23. The summed E-state index contributed by atoms with van der Waals surface area (Å²) in [5.41, 5.74) is 7.30. The average Bonchev–Trinajstić information content (AvgIpc) is 2.16. The maximum Gasteiger partial charge on any atom is 0.131 e. The fourth-order valence-corrected chi connectivity index (χ4v) is 1.67. The zero-order valence-corrected chi connectivity index (χ0v) is 9.41. The average molecular weight is 200 g/mol. The normalized spacial score (nSPS) is 11.9. The van der Waals surface area contributed by atoms with Crippen LogP contribution < -0.4 is 5.73 Å². The van der Waals surface area contributed by atoms with Crippen molar-refractivity contribution in [3.05, 3.63) is 36.0 Å². The zero-order valence-electron chi connectivity index (χ0n) is 9.41. The lowest BCUT2D eigenvalue weighted by atomic mass is 9.86. The van der Waals surface area contributed by atoms with Gasteiger partial charge in [0.25, 0.3) is 0 Å². The van der Waals surface area contributed by atoms with Crippen LogP contribution in [0, 0.1) is 0 Å². The van der Waals surface area contributed by atoms with Crippen molar-refractivity contribution in [2.24, 2.45) is 0 Å². The molecule has 0 bridgehead atoms. The number of benzene rings is 1. The van der Waals surface area contributed by atoms with Crippen molar-refractivity contribution < 1.29 is 0 Å². The molecule has 2 nitrogen and oxygen atoms in total. The predicted molar refractivity (Wildman–Crippen MR) is 64.9 cm³/mol. The fraction of sp³-hybridized carbons (Fsp3) is 0.308.